The van der Waals surface area contributed by atoms with Gasteiger partial charge in [0.25, 0.3) is 0 Å². The van der Waals surface area contributed by atoms with Gasteiger partial charge < -0.3 is 14.8 Å². The van der Waals surface area contributed by atoms with Gasteiger partial charge in [0.2, 0.25) is 10.0 Å². The summed E-state index contributed by atoms with van der Waals surface area (Å²) in [7, 11) is -3.66. The highest BCUT2D eigenvalue weighted by atomic mass is 79.9. The van der Waals surface area contributed by atoms with Crippen molar-refractivity contribution in [2.75, 3.05) is 31.3 Å². The summed E-state index contributed by atoms with van der Waals surface area (Å²) in [6.45, 7) is 6.27. The van der Waals surface area contributed by atoms with E-state index in [9.17, 15) is 8.42 Å². The van der Waals surface area contributed by atoms with E-state index in [1.165, 1.54) is 6.20 Å². The molecular formula is C22H30BrN3O4S2. The normalized spacial score (nSPS) is 15.2. The Labute approximate surface area is 203 Å². The second kappa shape index (κ2) is 11.3. The minimum Gasteiger partial charge on any atom is -0.365 e. The number of sulfonamides is 1. The zero-order valence-electron chi connectivity index (χ0n) is 18.6. The molecule has 1 aliphatic rings. The summed E-state index contributed by atoms with van der Waals surface area (Å²) in [4.78, 5) is 4.47. The molecule has 1 aromatic carbocycles. The van der Waals surface area contributed by atoms with Crippen LogP contribution in [-0.2, 0) is 26.0 Å². The Morgan fingerprint density at radius 3 is 2.56 bits per heavy atom. The van der Waals surface area contributed by atoms with Crippen LogP contribution in [0.1, 0.15) is 44.1 Å². The van der Waals surface area contributed by atoms with Gasteiger partial charge in [-0.25, -0.2) is 18.1 Å². The molecular weight excluding hydrogens is 514 g/mol. The van der Waals surface area contributed by atoms with Gasteiger partial charge in [0, 0.05) is 29.6 Å². The molecule has 7 nitrogen and oxygen atoms in total. The topological polar surface area (TPSA) is 89.6 Å². The molecule has 1 aromatic heterocycles. The molecule has 32 heavy (non-hydrogen) atoms. The van der Waals surface area contributed by atoms with E-state index >= 15 is 0 Å². The molecule has 1 saturated heterocycles. The molecule has 0 amide bonds. The minimum absolute atomic E-state index is 0.109. The lowest BCUT2D eigenvalue weighted by molar-refractivity contribution is -0.0441. The Kier molecular flexibility index (Phi) is 8.99. The molecule has 176 valence electrons. The van der Waals surface area contributed by atoms with Gasteiger partial charge >= 0.3 is 0 Å². The highest BCUT2D eigenvalue weighted by Gasteiger charge is 2.28. The second-order valence-corrected chi connectivity index (χ2v) is 11.5. The van der Waals surface area contributed by atoms with Gasteiger partial charge in [-0.3, -0.25) is 0 Å². The van der Waals surface area contributed by atoms with Gasteiger partial charge in [0.15, 0.2) is 6.29 Å². The summed E-state index contributed by atoms with van der Waals surface area (Å²) in [5, 5.41) is 3.25. The quantitative estimate of drug-likeness (QED) is 0.424. The molecule has 0 bridgehead atoms. The molecule has 2 N–H and O–H groups in total. The predicted octanol–water partition coefficient (Wildman–Crippen LogP) is 4.70. The first-order valence-electron chi connectivity index (χ1n) is 10.6. The number of thioether (sulfide) groups is 1. The standard InChI is InChI=1S/C22H30BrN3O4S2/c1-4-22(5-2,31-3)15-26-32(27,28)18-12-19(23)20(25-14-18)24-13-16-7-6-8-17(11-16)21-29-9-10-30-21/h6-8,11-12,14,21,26H,4-5,9-10,13,15H2,1-3H3,(H,24,25). The van der Waals surface area contributed by atoms with Crippen LogP contribution in [0.4, 0.5) is 5.82 Å². The van der Waals surface area contributed by atoms with Gasteiger partial charge in [-0.05, 0) is 52.7 Å². The van der Waals surface area contributed by atoms with Crippen LogP contribution in [-0.4, -0.2) is 44.2 Å². The van der Waals surface area contributed by atoms with Crippen molar-refractivity contribution >= 4 is 43.5 Å². The molecule has 2 heterocycles. The Morgan fingerprint density at radius 1 is 1.22 bits per heavy atom. The Bertz CT molecular complexity index is 1000. The Balaban J connectivity index is 1.65. The summed E-state index contributed by atoms with van der Waals surface area (Å²) in [6.07, 6.45) is 4.85. The molecule has 0 radical (unpaired) electrons. The van der Waals surface area contributed by atoms with Crippen LogP contribution in [0.5, 0.6) is 0 Å². The van der Waals surface area contributed by atoms with E-state index < -0.39 is 10.0 Å². The van der Waals surface area contributed by atoms with E-state index in [1.54, 1.807) is 17.8 Å². The maximum atomic E-state index is 12.8. The minimum atomic E-state index is -3.66. The molecule has 2 aromatic rings. The van der Waals surface area contributed by atoms with Gasteiger partial charge in [0.05, 0.1) is 17.7 Å². The number of aromatic nitrogens is 1. The average Bonchev–Trinajstić information content (AvgIpc) is 3.35. The van der Waals surface area contributed by atoms with Crippen molar-refractivity contribution in [2.45, 2.75) is 49.2 Å². The molecule has 3 rings (SSSR count). The average molecular weight is 545 g/mol. The lowest BCUT2D eigenvalue weighted by Crippen LogP contribution is -2.39. The van der Waals surface area contributed by atoms with Crippen LogP contribution in [0, 0.1) is 0 Å². The number of hydrogen-bond acceptors (Lipinski definition) is 7. The van der Waals surface area contributed by atoms with Crippen molar-refractivity contribution in [1.82, 2.24) is 9.71 Å². The summed E-state index contributed by atoms with van der Waals surface area (Å²) in [5.41, 5.74) is 2.02. The highest BCUT2D eigenvalue weighted by Crippen LogP contribution is 2.30. The zero-order chi connectivity index (χ0) is 23.2. The van der Waals surface area contributed by atoms with Crippen molar-refractivity contribution in [3.8, 4) is 0 Å². The molecule has 0 aliphatic carbocycles. The van der Waals surface area contributed by atoms with Crippen LogP contribution in [0.25, 0.3) is 0 Å². The summed E-state index contributed by atoms with van der Waals surface area (Å²) in [6, 6.07) is 9.54. The first-order chi connectivity index (χ1) is 15.3. The Hall–Kier alpha value is -1.17. The van der Waals surface area contributed by atoms with E-state index in [0.29, 0.717) is 36.6 Å². The predicted molar refractivity (Wildman–Crippen MR) is 132 cm³/mol. The number of halogens is 1. The fourth-order valence-corrected chi connectivity index (χ4v) is 6.08. The fourth-order valence-electron chi connectivity index (χ4n) is 3.45. The van der Waals surface area contributed by atoms with Crippen LogP contribution in [0.2, 0.25) is 0 Å². The van der Waals surface area contributed by atoms with E-state index in [0.717, 1.165) is 24.0 Å². The third-order valence-corrected chi connectivity index (χ3v) is 9.30. The van der Waals surface area contributed by atoms with E-state index in [4.69, 9.17) is 9.47 Å². The number of benzene rings is 1. The number of nitrogens with zero attached hydrogens (tertiary/aromatic N) is 1. The zero-order valence-corrected chi connectivity index (χ0v) is 21.8. The van der Waals surface area contributed by atoms with Crippen molar-refractivity contribution in [1.29, 1.82) is 0 Å². The van der Waals surface area contributed by atoms with Gasteiger partial charge in [-0.15, -0.1) is 0 Å². The SMILES string of the molecule is CCC(CC)(CNS(=O)(=O)c1cnc(NCc2cccc(C3OCCO3)c2)c(Br)c1)SC. The van der Waals surface area contributed by atoms with Crippen molar-refractivity contribution in [2.24, 2.45) is 0 Å². The molecule has 0 atom stereocenters. The summed E-state index contributed by atoms with van der Waals surface area (Å²) < 4.78 is 40.0. The van der Waals surface area contributed by atoms with E-state index in [-0.39, 0.29) is 15.9 Å². The van der Waals surface area contributed by atoms with E-state index in [1.807, 2.05) is 30.5 Å². The van der Waals surface area contributed by atoms with Gasteiger partial charge in [-0.1, -0.05) is 32.0 Å². The van der Waals surface area contributed by atoms with Crippen LogP contribution < -0.4 is 10.0 Å². The van der Waals surface area contributed by atoms with Crippen LogP contribution in [0.15, 0.2) is 45.9 Å². The monoisotopic (exact) mass is 543 g/mol. The first-order valence-corrected chi connectivity index (χ1v) is 14.1. The van der Waals surface area contributed by atoms with Crippen LogP contribution in [0.3, 0.4) is 0 Å². The number of rotatable bonds is 11. The number of nitrogens with one attached hydrogen (secondary N) is 2. The first kappa shape index (κ1) is 25.5. The number of pyridine rings is 1. The summed E-state index contributed by atoms with van der Waals surface area (Å²) >= 11 is 5.15. The number of ether oxygens (including phenoxy) is 2. The molecule has 0 saturated carbocycles. The number of anilines is 1. The van der Waals surface area contributed by atoms with E-state index in [2.05, 4.69) is 44.8 Å². The maximum absolute atomic E-state index is 12.8. The van der Waals surface area contributed by atoms with Crippen molar-refractivity contribution in [3.63, 3.8) is 0 Å². The van der Waals surface area contributed by atoms with Crippen LogP contribution >= 0.6 is 27.7 Å². The van der Waals surface area contributed by atoms with Gasteiger partial charge in [0.1, 0.15) is 10.7 Å². The maximum Gasteiger partial charge on any atom is 0.242 e. The number of hydrogen-bond donors (Lipinski definition) is 2. The molecule has 1 aliphatic heterocycles. The van der Waals surface area contributed by atoms with Crippen molar-refractivity contribution < 1.29 is 17.9 Å². The fraction of sp³-hybridized carbons (Fsp3) is 0.500. The third kappa shape index (κ3) is 6.24. The molecule has 10 heteroatoms. The van der Waals surface area contributed by atoms with Gasteiger partial charge in [-0.2, -0.15) is 11.8 Å². The second-order valence-electron chi connectivity index (χ2n) is 7.59. The lowest BCUT2D eigenvalue weighted by atomic mass is 10.0. The van der Waals surface area contributed by atoms with Crippen molar-refractivity contribution in [3.05, 3.63) is 52.1 Å². The highest BCUT2D eigenvalue weighted by molar-refractivity contribution is 9.10. The Morgan fingerprint density at radius 2 is 1.94 bits per heavy atom. The third-order valence-electron chi connectivity index (χ3n) is 5.74. The lowest BCUT2D eigenvalue weighted by Gasteiger charge is -2.29. The largest absolute Gasteiger partial charge is 0.365 e. The smallest absolute Gasteiger partial charge is 0.242 e. The molecule has 0 spiro atoms. The molecule has 0 unspecified atom stereocenters. The molecule has 1 fully saturated rings. The summed E-state index contributed by atoms with van der Waals surface area (Å²) in [5.74, 6) is 0.572.